The molecule has 0 saturated carbocycles. The first-order valence-corrected chi connectivity index (χ1v) is 8.24. The van der Waals surface area contributed by atoms with Crippen molar-refractivity contribution < 1.29 is 19.4 Å². The molecule has 0 fully saturated rings. The van der Waals surface area contributed by atoms with Gasteiger partial charge in [0.15, 0.2) is 0 Å². The Kier molecular flexibility index (Phi) is 6.36. The number of likely N-dealkylation sites (N-methyl/N-ethyl adjacent to an activating group) is 1. The summed E-state index contributed by atoms with van der Waals surface area (Å²) < 4.78 is 6.61. The van der Waals surface area contributed by atoms with Gasteiger partial charge in [-0.25, -0.2) is 0 Å². The summed E-state index contributed by atoms with van der Waals surface area (Å²) in [5, 5.41) is 11.9. The van der Waals surface area contributed by atoms with Gasteiger partial charge in [0.1, 0.15) is 18.1 Å². The van der Waals surface area contributed by atoms with Crippen molar-refractivity contribution in [2.24, 2.45) is 0 Å². The summed E-state index contributed by atoms with van der Waals surface area (Å²) in [5.74, 6) is -0.326. The summed E-state index contributed by atoms with van der Waals surface area (Å²) in [6.45, 7) is 0.943. The van der Waals surface area contributed by atoms with Gasteiger partial charge in [-0.2, -0.15) is 0 Å². The maximum atomic E-state index is 12.2. The zero-order chi connectivity index (χ0) is 17.7. The van der Waals surface area contributed by atoms with Crippen molar-refractivity contribution in [3.63, 3.8) is 0 Å². The predicted molar refractivity (Wildman–Crippen MR) is 93.7 cm³/mol. The Labute approximate surface area is 149 Å². The quantitative estimate of drug-likeness (QED) is 0.638. The molecule has 0 aliphatic carbocycles. The average molecular weight is 398 g/mol. The Morgan fingerprint density at radius 2 is 2.08 bits per heavy atom. The van der Waals surface area contributed by atoms with E-state index in [1.807, 2.05) is 25.1 Å². The second kappa shape index (κ2) is 8.27. The molecule has 130 valence electrons. The van der Waals surface area contributed by atoms with Crippen LogP contribution in [0.1, 0.15) is 0 Å². The Morgan fingerprint density at radius 1 is 1.33 bits per heavy atom. The normalized spacial score (nSPS) is 14.4. The minimum atomic E-state index is -0.462. The van der Waals surface area contributed by atoms with Crippen molar-refractivity contribution in [1.29, 1.82) is 0 Å². The number of ether oxygens (including phenoxy) is 1. The van der Waals surface area contributed by atoms with Gasteiger partial charge in [-0.1, -0.05) is 15.9 Å². The minimum Gasteiger partial charge on any atom is -0.490 e. The molecule has 24 heavy (non-hydrogen) atoms. The second-order valence-corrected chi connectivity index (χ2v) is 6.41. The summed E-state index contributed by atoms with van der Waals surface area (Å²) in [6.07, 6.45) is 1.23. The lowest BCUT2D eigenvalue weighted by molar-refractivity contribution is -0.137. The molecule has 1 aliphatic heterocycles. The molecule has 1 heterocycles. The number of amides is 2. The van der Waals surface area contributed by atoms with E-state index in [0.29, 0.717) is 18.0 Å². The van der Waals surface area contributed by atoms with Gasteiger partial charge in [-0.05, 0) is 32.3 Å². The molecule has 2 N–H and O–H groups in total. The van der Waals surface area contributed by atoms with Crippen LogP contribution < -0.4 is 10.1 Å². The average Bonchev–Trinajstić information content (AvgIpc) is 2.77. The van der Waals surface area contributed by atoms with E-state index >= 15 is 0 Å². The van der Waals surface area contributed by atoms with E-state index in [0.717, 1.165) is 15.9 Å². The molecule has 2 rings (SSSR count). The molecule has 0 bridgehead atoms. The third kappa shape index (κ3) is 4.56. The van der Waals surface area contributed by atoms with Gasteiger partial charge < -0.3 is 20.1 Å². The molecule has 0 unspecified atom stereocenters. The van der Waals surface area contributed by atoms with Crippen molar-refractivity contribution in [3.8, 4) is 5.75 Å². The van der Waals surface area contributed by atoms with E-state index in [9.17, 15) is 9.59 Å². The smallest absolute Gasteiger partial charge is 0.277 e. The summed E-state index contributed by atoms with van der Waals surface area (Å²) in [6, 6.07) is 5.38. The SMILES string of the molecule is CN(C)CCOc1cc(Br)ccc1NC1=CC(=O)N(CCO)C1=O. The van der Waals surface area contributed by atoms with Crippen molar-refractivity contribution in [1.82, 2.24) is 9.80 Å². The highest BCUT2D eigenvalue weighted by atomic mass is 79.9. The van der Waals surface area contributed by atoms with Gasteiger partial charge in [-0.15, -0.1) is 0 Å². The Balaban J connectivity index is 2.13. The van der Waals surface area contributed by atoms with E-state index < -0.39 is 11.8 Å². The predicted octanol–water partition coefficient (Wildman–Crippen LogP) is 1.05. The van der Waals surface area contributed by atoms with E-state index in [2.05, 4.69) is 21.2 Å². The van der Waals surface area contributed by atoms with Gasteiger partial charge >= 0.3 is 0 Å². The van der Waals surface area contributed by atoms with E-state index in [1.54, 1.807) is 12.1 Å². The lowest BCUT2D eigenvalue weighted by atomic mass is 10.2. The van der Waals surface area contributed by atoms with Gasteiger partial charge in [0, 0.05) is 17.1 Å². The molecular weight excluding hydrogens is 378 g/mol. The number of aliphatic hydroxyl groups excluding tert-OH is 1. The zero-order valence-corrected chi connectivity index (χ0v) is 15.2. The molecule has 0 aromatic heterocycles. The fourth-order valence-corrected chi connectivity index (χ4v) is 2.45. The number of halogens is 1. The lowest BCUT2D eigenvalue weighted by Crippen LogP contribution is -2.34. The molecule has 1 aromatic rings. The maximum absolute atomic E-state index is 12.2. The van der Waals surface area contributed by atoms with Gasteiger partial charge in [-0.3, -0.25) is 14.5 Å². The fraction of sp³-hybridized carbons (Fsp3) is 0.375. The monoisotopic (exact) mass is 397 g/mol. The van der Waals surface area contributed by atoms with Crippen molar-refractivity contribution >= 4 is 33.4 Å². The molecule has 2 amide bonds. The van der Waals surface area contributed by atoms with Crippen molar-refractivity contribution in [3.05, 3.63) is 34.4 Å². The summed E-state index contributed by atoms with van der Waals surface area (Å²) in [5.41, 5.74) is 0.753. The van der Waals surface area contributed by atoms with E-state index in [1.165, 1.54) is 6.08 Å². The first-order valence-electron chi connectivity index (χ1n) is 7.45. The maximum Gasteiger partial charge on any atom is 0.277 e. The molecular formula is C16H20BrN3O4. The standard InChI is InChI=1S/C16H20BrN3O4/c1-19(2)6-8-24-14-9-11(17)3-4-12(14)18-13-10-15(22)20(5-7-21)16(13)23/h3-4,9-10,18,21H,5-8H2,1-2H3. The number of aliphatic hydroxyl groups is 1. The molecule has 0 spiro atoms. The Morgan fingerprint density at radius 3 is 2.75 bits per heavy atom. The molecule has 0 atom stereocenters. The van der Waals surface area contributed by atoms with Crippen molar-refractivity contribution in [2.45, 2.75) is 0 Å². The second-order valence-electron chi connectivity index (χ2n) is 5.49. The molecule has 0 radical (unpaired) electrons. The van der Waals surface area contributed by atoms with Crippen LogP contribution in [0.3, 0.4) is 0 Å². The first-order chi connectivity index (χ1) is 11.4. The van der Waals surface area contributed by atoms with Crippen LogP contribution in [0.5, 0.6) is 5.75 Å². The number of imide groups is 1. The van der Waals surface area contributed by atoms with Crippen molar-refractivity contribution in [2.75, 3.05) is 45.7 Å². The van der Waals surface area contributed by atoms with Crippen LogP contribution in [-0.4, -0.2) is 67.1 Å². The van der Waals surface area contributed by atoms with Crippen LogP contribution in [0.4, 0.5) is 5.69 Å². The van der Waals surface area contributed by atoms with Crippen LogP contribution in [0.25, 0.3) is 0 Å². The molecule has 8 heteroatoms. The summed E-state index contributed by atoms with van der Waals surface area (Å²) in [4.78, 5) is 27.0. The van der Waals surface area contributed by atoms with Gasteiger partial charge in [0.2, 0.25) is 0 Å². The Hall–Kier alpha value is -1.90. The van der Waals surface area contributed by atoms with Crippen LogP contribution in [-0.2, 0) is 9.59 Å². The first kappa shape index (κ1) is 18.4. The number of carbonyl (C=O) groups is 2. The number of nitrogens with one attached hydrogen (secondary N) is 1. The minimum absolute atomic E-state index is 0.0219. The number of carbonyl (C=O) groups excluding carboxylic acids is 2. The highest BCUT2D eigenvalue weighted by molar-refractivity contribution is 9.10. The largest absolute Gasteiger partial charge is 0.490 e. The third-order valence-electron chi connectivity index (χ3n) is 3.34. The van der Waals surface area contributed by atoms with Crippen LogP contribution >= 0.6 is 15.9 Å². The summed E-state index contributed by atoms with van der Waals surface area (Å²) >= 11 is 3.39. The van der Waals surface area contributed by atoms with E-state index in [-0.39, 0.29) is 18.8 Å². The number of hydrogen-bond donors (Lipinski definition) is 2. The third-order valence-corrected chi connectivity index (χ3v) is 3.84. The van der Waals surface area contributed by atoms with Gasteiger partial charge in [0.05, 0.1) is 18.8 Å². The fourth-order valence-electron chi connectivity index (χ4n) is 2.11. The van der Waals surface area contributed by atoms with Crippen LogP contribution in [0.15, 0.2) is 34.4 Å². The highest BCUT2D eigenvalue weighted by Crippen LogP contribution is 2.30. The Bertz CT molecular complexity index is 661. The highest BCUT2D eigenvalue weighted by Gasteiger charge is 2.31. The number of hydrogen-bond acceptors (Lipinski definition) is 6. The molecule has 7 nitrogen and oxygen atoms in total. The zero-order valence-electron chi connectivity index (χ0n) is 13.6. The van der Waals surface area contributed by atoms with E-state index in [4.69, 9.17) is 9.84 Å². The summed E-state index contributed by atoms with van der Waals surface area (Å²) in [7, 11) is 3.90. The molecule has 1 aliphatic rings. The van der Waals surface area contributed by atoms with Crippen LogP contribution in [0.2, 0.25) is 0 Å². The number of anilines is 1. The number of nitrogens with zero attached hydrogens (tertiary/aromatic N) is 2. The number of β-amino-alcohol motifs (C(OH)–C–C–N with tert-alkyl or cyclic N) is 1. The number of rotatable bonds is 8. The lowest BCUT2D eigenvalue weighted by Gasteiger charge is -2.17. The van der Waals surface area contributed by atoms with Gasteiger partial charge in [0.25, 0.3) is 11.8 Å². The number of benzene rings is 1. The molecule has 1 aromatic carbocycles. The molecule has 0 saturated heterocycles. The van der Waals surface area contributed by atoms with Crippen LogP contribution in [0, 0.1) is 0 Å². The topological polar surface area (TPSA) is 82.1 Å².